The van der Waals surface area contributed by atoms with E-state index in [0.29, 0.717) is 5.69 Å². The number of hydrogen-bond acceptors (Lipinski definition) is 6. The largest absolute Gasteiger partial charge is 0.345 e. The Morgan fingerprint density at radius 1 is 1.41 bits per heavy atom. The van der Waals surface area contributed by atoms with Gasteiger partial charge >= 0.3 is 11.8 Å². The number of nitrogens with zero attached hydrogens (tertiary/aromatic N) is 4. The summed E-state index contributed by atoms with van der Waals surface area (Å²) in [6, 6.07) is 0.259. The highest BCUT2D eigenvalue weighted by Gasteiger charge is 2.26. The summed E-state index contributed by atoms with van der Waals surface area (Å²) < 4.78 is 4.87. The summed E-state index contributed by atoms with van der Waals surface area (Å²) in [6.07, 6.45) is 6.60. The van der Waals surface area contributed by atoms with Crippen LogP contribution in [0.1, 0.15) is 23.5 Å². The van der Waals surface area contributed by atoms with Gasteiger partial charge in [0.15, 0.2) is 0 Å². The summed E-state index contributed by atoms with van der Waals surface area (Å²) in [5, 5.41) is 6.45. The second-order valence-corrected chi connectivity index (χ2v) is 3.76. The fraction of sp³-hybridized carbons (Fsp3) is 0.300. The number of carbonyl (C=O) groups is 1. The summed E-state index contributed by atoms with van der Waals surface area (Å²) >= 11 is 0. The van der Waals surface area contributed by atoms with Gasteiger partial charge < -0.3 is 9.84 Å². The van der Waals surface area contributed by atoms with Crippen LogP contribution in [0.4, 0.5) is 0 Å². The van der Waals surface area contributed by atoms with E-state index >= 15 is 0 Å². The summed E-state index contributed by atoms with van der Waals surface area (Å²) in [6.45, 7) is 0. The molecule has 86 valence electrons. The molecule has 0 bridgehead atoms. The molecule has 0 saturated heterocycles. The van der Waals surface area contributed by atoms with Crippen molar-refractivity contribution in [2.75, 3.05) is 0 Å². The lowest BCUT2D eigenvalue weighted by atomic mass is 10.4. The van der Waals surface area contributed by atoms with Crippen LogP contribution in [0, 0.1) is 0 Å². The first-order chi connectivity index (χ1) is 8.33. The lowest BCUT2D eigenvalue weighted by molar-refractivity contribution is 0.0907. The van der Waals surface area contributed by atoms with Crippen LogP contribution in [0.15, 0.2) is 23.1 Å². The van der Waals surface area contributed by atoms with Crippen LogP contribution < -0.4 is 5.32 Å². The normalized spacial score (nSPS) is 14.6. The van der Waals surface area contributed by atoms with Crippen molar-refractivity contribution in [3.63, 3.8) is 0 Å². The molecule has 1 amide bonds. The topological polar surface area (TPSA) is 93.8 Å². The molecule has 0 atom stereocenters. The van der Waals surface area contributed by atoms with Crippen molar-refractivity contribution < 1.29 is 9.32 Å². The number of hydrogen-bond donors (Lipinski definition) is 1. The molecule has 1 fully saturated rings. The average molecular weight is 231 g/mol. The third-order valence-electron chi connectivity index (χ3n) is 2.33. The van der Waals surface area contributed by atoms with E-state index < -0.39 is 0 Å². The Bertz CT molecular complexity index is 535. The first-order valence-electron chi connectivity index (χ1n) is 5.24. The van der Waals surface area contributed by atoms with Gasteiger partial charge in [-0.2, -0.15) is 4.98 Å². The Kier molecular flexibility index (Phi) is 2.28. The van der Waals surface area contributed by atoms with Crippen molar-refractivity contribution in [3.05, 3.63) is 24.5 Å². The molecule has 2 aromatic rings. The zero-order valence-electron chi connectivity index (χ0n) is 8.83. The zero-order valence-corrected chi connectivity index (χ0v) is 8.83. The van der Waals surface area contributed by atoms with Gasteiger partial charge in [0, 0.05) is 18.4 Å². The fourth-order valence-electron chi connectivity index (χ4n) is 1.31. The Morgan fingerprint density at radius 2 is 2.29 bits per heavy atom. The number of rotatable bonds is 3. The minimum atomic E-state index is -0.338. The maximum absolute atomic E-state index is 11.6. The molecular formula is C10H9N5O2. The highest BCUT2D eigenvalue weighted by molar-refractivity contribution is 5.90. The minimum absolute atomic E-state index is 0.0439. The van der Waals surface area contributed by atoms with Gasteiger partial charge in [-0.1, -0.05) is 5.16 Å². The summed E-state index contributed by atoms with van der Waals surface area (Å²) in [4.78, 5) is 23.5. The first kappa shape index (κ1) is 9.88. The van der Waals surface area contributed by atoms with E-state index in [-0.39, 0.29) is 23.7 Å². The highest BCUT2D eigenvalue weighted by Crippen LogP contribution is 2.19. The SMILES string of the molecule is O=C(NC1CC1)c1nc(-c2cnccn2)no1. The number of nitrogens with one attached hydrogen (secondary N) is 1. The summed E-state index contributed by atoms with van der Waals surface area (Å²) in [5.74, 6) is -0.119. The molecule has 1 aliphatic rings. The molecule has 0 radical (unpaired) electrons. The Labute approximate surface area is 96.3 Å². The molecule has 17 heavy (non-hydrogen) atoms. The van der Waals surface area contributed by atoms with Crippen LogP contribution in [0.5, 0.6) is 0 Å². The van der Waals surface area contributed by atoms with Gasteiger partial charge in [0.1, 0.15) is 5.69 Å². The van der Waals surface area contributed by atoms with Crippen LogP contribution in [-0.2, 0) is 0 Å². The van der Waals surface area contributed by atoms with Crippen molar-refractivity contribution in [1.82, 2.24) is 25.4 Å². The van der Waals surface area contributed by atoms with Crippen LogP contribution in [0.25, 0.3) is 11.5 Å². The van der Waals surface area contributed by atoms with Gasteiger partial charge in [-0.15, -0.1) is 0 Å². The first-order valence-corrected chi connectivity index (χ1v) is 5.24. The van der Waals surface area contributed by atoms with Gasteiger partial charge in [-0.3, -0.25) is 9.78 Å². The van der Waals surface area contributed by atoms with E-state index in [2.05, 4.69) is 25.4 Å². The highest BCUT2D eigenvalue weighted by atomic mass is 16.5. The van der Waals surface area contributed by atoms with Gasteiger partial charge in [-0.05, 0) is 12.8 Å². The molecule has 2 heterocycles. The number of carbonyl (C=O) groups excluding carboxylic acids is 1. The number of aromatic nitrogens is 4. The predicted molar refractivity (Wildman–Crippen MR) is 55.8 cm³/mol. The molecule has 0 aliphatic heterocycles. The van der Waals surface area contributed by atoms with Gasteiger partial charge in [0.25, 0.3) is 0 Å². The standard InChI is InChI=1S/C10H9N5O2/c16-9(13-6-1-2-6)10-14-8(15-17-10)7-5-11-3-4-12-7/h3-6H,1-2H2,(H,13,16). The van der Waals surface area contributed by atoms with Gasteiger partial charge in [0.05, 0.1) is 6.20 Å². The predicted octanol–water partition coefficient (Wildman–Crippen LogP) is 0.419. The minimum Gasteiger partial charge on any atom is -0.345 e. The van der Waals surface area contributed by atoms with E-state index in [0.717, 1.165) is 12.8 Å². The summed E-state index contributed by atoms with van der Waals surface area (Å²) in [7, 11) is 0. The molecule has 7 heteroatoms. The zero-order chi connectivity index (χ0) is 11.7. The molecule has 1 N–H and O–H groups in total. The fourth-order valence-corrected chi connectivity index (χ4v) is 1.31. The number of amides is 1. The van der Waals surface area contributed by atoms with E-state index in [4.69, 9.17) is 4.52 Å². The van der Waals surface area contributed by atoms with Crippen LogP contribution >= 0.6 is 0 Å². The molecule has 7 nitrogen and oxygen atoms in total. The van der Waals surface area contributed by atoms with Crippen molar-refractivity contribution in [1.29, 1.82) is 0 Å². The molecular weight excluding hydrogens is 222 g/mol. The second-order valence-electron chi connectivity index (χ2n) is 3.76. The molecule has 0 aromatic carbocycles. The quantitative estimate of drug-likeness (QED) is 0.822. The lowest BCUT2D eigenvalue weighted by Gasteiger charge is -1.95. The van der Waals surface area contributed by atoms with Gasteiger partial charge in [0.2, 0.25) is 5.82 Å². The van der Waals surface area contributed by atoms with Crippen LogP contribution in [-0.4, -0.2) is 32.1 Å². The van der Waals surface area contributed by atoms with E-state index in [1.54, 1.807) is 6.20 Å². The van der Waals surface area contributed by atoms with Crippen LogP contribution in [0.3, 0.4) is 0 Å². The van der Waals surface area contributed by atoms with Crippen molar-refractivity contribution in [2.45, 2.75) is 18.9 Å². The maximum atomic E-state index is 11.6. The van der Waals surface area contributed by atoms with E-state index in [1.165, 1.54) is 12.4 Å². The molecule has 0 unspecified atom stereocenters. The Balaban J connectivity index is 1.80. The van der Waals surface area contributed by atoms with Crippen molar-refractivity contribution >= 4 is 5.91 Å². The Hall–Kier alpha value is -2.31. The maximum Gasteiger partial charge on any atom is 0.316 e. The molecule has 2 aromatic heterocycles. The van der Waals surface area contributed by atoms with E-state index in [1.807, 2.05) is 0 Å². The monoisotopic (exact) mass is 231 g/mol. The molecule has 0 spiro atoms. The van der Waals surface area contributed by atoms with Gasteiger partial charge in [-0.25, -0.2) is 4.98 Å². The lowest BCUT2D eigenvalue weighted by Crippen LogP contribution is -2.25. The third-order valence-corrected chi connectivity index (χ3v) is 2.33. The third kappa shape index (κ3) is 2.12. The Morgan fingerprint density at radius 3 is 3.00 bits per heavy atom. The van der Waals surface area contributed by atoms with E-state index in [9.17, 15) is 4.79 Å². The molecule has 3 rings (SSSR count). The molecule has 1 saturated carbocycles. The van der Waals surface area contributed by atoms with Crippen LogP contribution in [0.2, 0.25) is 0 Å². The smallest absolute Gasteiger partial charge is 0.316 e. The second kappa shape index (κ2) is 3.93. The average Bonchev–Trinajstić information content (AvgIpc) is 3.04. The van der Waals surface area contributed by atoms with Crippen molar-refractivity contribution in [3.8, 4) is 11.5 Å². The summed E-state index contributed by atoms with van der Waals surface area (Å²) in [5.41, 5.74) is 0.474. The van der Waals surface area contributed by atoms with Crippen molar-refractivity contribution in [2.24, 2.45) is 0 Å². The molecule has 1 aliphatic carbocycles.